The van der Waals surface area contributed by atoms with Gasteiger partial charge in [-0.15, -0.1) is 13.2 Å². The van der Waals surface area contributed by atoms with Crippen LogP contribution in [0.4, 0.5) is 0 Å². The molecule has 0 bridgehead atoms. The first-order valence-electron chi connectivity index (χ1n) is 7.51. The average molecular weight is 308 g/mol. The first-order chi connectivity index (χ1) is 10.5. The van der Waals surface area contributed by atoms with Crippen molar-refractivity contribution in [1.82, 2.24) is 9.80 Å². The molecule has 122 valence electrons. The number of esters is 1. The van der Waals surface area contributed by atoms with Gasteiger partial charge in [-0.25, -0.2) is 0 Å². The van der Waals surface area contributed by atoms with Gasteiger partial charge in [0.1, 0.15) is 0 Å². The second-order valence-corrected chi connectivity index (χ2v) is 5.13. The van der Waals surface area contributed by atoms with Crippen LogP contribution >= 0.6 is 0 Å². The minimum atomic E-state index is -0.593. The lowest BCUT2D eigenvalue weighted by Gasteiger charge is -2.32. The van der Waals surface area contributed by atoms with Gasteiger partial charge in [-0.05, 0) is 19.8 Å². The molecule has 1 aliphatic heterocycles. The van der Waals surface area contributed by atoms with E-state index in [0.717, 1.165) is 0 Å². The lowest BCUT2D eigenvalue weighted by atomic mass is 9.98. The predicted octanol–water partition coefficient (Wildman–Crippen LogP) is 0.989. The van der Waals surface area contributed by atoms with E-state index in [0.29, 0.717) is 26.0 Å². The van der Waals surface area contributed by atoms with Crippen LogP contribution in [-0.2, 0) is 19.1 Å². The molecule has 0 spiro atoms. The van der Waals surface area contributed by atoms with Crippen molar-refractivity contribution in [1.29, 1.82) is 0 Å². The number of hydrogen-bond acceptors (Lipinski definition) is 4. The fourth-order valence-electron chi connectivity index (χ4n) is 2.44. The highest BCUT2D eigenvalue weighted by Gasteiger charge is 2.33. The van der Waals surface area contributed by atoms with Gasteiger partial charge >= 0.3 is 17.8 Å². The minimum absolute atomic E-state index is 0.236. The van der Waals surface area contributed by atoms with Crippen molar-refractivity contribution in [2.75, 3.05) is 32.8 Å². The number of rotatable bonds is 6. The van der Waals surface area contributed by atoms with Crippen LogP contribution in [0.15, 0.2) is 25.3 Å². The van der Waals surface area contributed by atoms with E-state index in [9.17, 15) is 14.4 Å². The molecule has 0 radical (unpaired) electrons. The van der Waals surface area contributed by atoms with Gasteiger partial charge in [0.15, 0.2) is 0 Å². The van der Waals surface area contributed by atoms with Crippen molar-refractivity contribution in [3.8, 4) is 0 Å². The number of carbonyl (C=O) groups is 3. The molecule has 0 aromatic rings. The minimum Gasteiger partial charge on any atom is -0.466 e. The van der Waals surface area contributed by atoms with Gasteiger partial charge in [-0.3, -0.25) is 14.4 Å². The van der Waals surface area contributed by atoms with Gasteiger partial charge in [-0.1, -0.05) is 12.2 Å². The Labute approximate surface area is 131 Å². The summed E-state index contributed by atoms with van der Waals surface area (Å²) in [5.41, 5.74) is 0. The van der Waals surface area contributed by atoms with E-state index in [-0.39, 0.29) is 31.5 Å². The quantitative estimate of drug-likeness (QED) is 0.417. The van der Waals surface area contributed by atoms with Crippen molar-refractivity contribution in [2.24, 2.45) is 5.92 Å². The summed E-state index contributed by atoms with van der Waals surface area (Å²) < 4.78 is 5.00. The second kappa shape index (κ2) is 9.02. The lowest BCUT2D eigenvalue weighted by molar-refractivity contribution is -0.156. The molecular weight excluding hydrogens is 284 g/mol. The molecule has 1 aliphatic rings. The topological polar surface area (TPSA) is 66.9 Å². The predicted molar refractivity (Wildman–Crippen MR) is 82.9 cm³/mol. The van der Waals surface area contributed by atoms with E-state index in [4.69, 9.17) is 4.74 Å². The number of piperidine rings is 1. The molecule has 1 fully saturated rings. The maximum Gasteiger partial charge on any atom is 0.312 e. The van der Waals surface area contributed by atoms with E-state index in [2.05, 4.69) is 13.2 Å². The molecule has 0 aliphatic carbocycles. The van der Waals surface area contributed by atoms with Gasteiger partial charge < -0.3 is 14.5 Å². The van der Waals surface area contributed by atoms with E-state index >= 15 is 0 Å². The monoisotopic (exact) mass is 308 g/mol. The number of likely N-dealkylation sites (tertiary alicyclic amines) is 1. The van der Waals surface area contributed by atoms with Gasteiger partial charge in [0, 0.05) is 26.2 Å². The largest absolute Gasteiger partial charge is 0.466 e. The molecule has 2 amide bonds. The molecule has 1 atom stereocenters. The number of amides is 2. The molecule has 1 heterocycles. The smallest absolute Gasteiger partial charge is 0.312 e. The molecule has 22 heavy (non-hydrogen) atoms. The molecule has 0 N–H and O–H groups in total. The van der Waals surface area contributed by atoms with Gasteiger partial charge in [0.25, 0.3) is 0 Å². The van der Waals surface area contributed by atoms with Crippen LogP contribution in [0.2, 0.25) is 0 Å². The van der Waals surface area contributed by atoms with Crippen LogP contribution in [0, 0.1) is 5.92 Å². The molecule has 0 aromatic carbocycles. The third-order valence-electron chi connectivity index (χ3n) is 3.50. The van der Waals surface area contributed by atoms with Gasteiger partial charge in [0.05, 0.1) is 12.5 Å². The summed E-state index contributed by atoms with van der Waals surface area (Å²) >= 11 is 0. The number of ether oxygens (including phenoxy) is 1. The number of carbonyl (C=O) groups excluding carboxylic acids is 3. The fourth-order valence-corrected chi connectivity index (χ4v) is 2.44. The Morgan fingerprint density at radius 2 is 1.91 bits per heavy atom. The molecule has 1 saturated heterocycles. The highest BCUT2D eigenvalue weighted by Crippen LogP contribution is 2.18. The summed E-state index contributed by atoms with van der Waals surface area (Å²) in [5.74, 6) is -1.83. The summed E-state index contributed by atoms with van der Waals surface area (Å²) in [6.45, 7) is 10.5. The summed E-state index contributed by atoms with van der Waals surface area (Å²) in [7, 11) is 0. The normalized spacial score (nSPS) is 17.5. The summed E-state index contributed by atoms with van der Waals surface area (Å²) in [4.78, 5) is 39.2. The Morgan fingerprint density at radius 1 is 1.27 bits per heavy atom. The van der Waals surface area contributed by atoms with Crippen molar-refractivity contribution in [3.05, 3.63) is 25.3 Å². The van der Waals surface area contributed by atoms with E-state index in [1.807, 2.05) is 0 Å². The molecular formula is C16H24N2O4. The highest BCUT2D eigenvalue weighted by molar-refractivity contribution is 6.35. The molecule has 1 unspecified atom stereocenters. The highest BCUT2D eigenvalue weighted by atomic mass is 16.5. The maximum atomic E-state index is 12.3. The summed E-state index contributed by atoms with van der Waals surface area (Å²) in [6.07, 6.45) is 4.49. The zero-order valence-corrected chi connectivity index (χ0v) is 13.1. The van der Waals surface area contributed by atoms with Crippen LogP contribution < -0.4 is 0 Å². The van der Waals surface area contributed by atoms with Crippen LogP contribution in [0.3, 0.4) is 0 Å². The molecule has 1 rings (SSSR count). The lowest BCUT2D eigenvalue weighted by Crippen LogP contribution is -2.50. The Bertz CT molecular complexity index is 437. The van der Waals surface area contributed by atoms with Crippen LogP contribution in [0.1, 0.15) is 19.8 Å². The fraction of sp³-hybridized carbons (Fsp3) is 0.562. The van der Waals surface area contributed by atoms with Gasteiger partial charge in [-0.2, -0.15) is 0 Å². The Balaban J connectivity index is 2.70. The molecule has 6 heteroatoms. The third-order valence-corrected chi connectivity index (χ3v) is 3.50. The SMILES string of the molecule is C=CCN(CC=C)C(=O)C(=O)N1CCCC(C(=O)OCC)C1. The van der Waals surface area contributed by atoms with Crippen LogP contribution in [0.5, 0.6) is 0 Å². The Kier molecular flexibility index (Phi) is 7.36. The standard InChI is InChI=1S/C16H24N2O4/c1-4-9-17(10-5-2)14(19)15(20)18-11-7-8-13(12-18)16(21)22-6-3/h4-5,13H,1-2,6-12H2,3H3. The third kappa shape index (κ3) is 4.72. The van der Waals surface area contributed by atoms with Gasteiger partial charge in [0.2, 0.25) is 0 Å². The van der Waals surface area contributed by atoms with E-state index in [1.165, 1.54) is 9.80 Å². The van der Waals surface area contributed by atoms with E-state index in [1.54, 1.807) is 19.1 Å². The Morgan fingerprint density at radius 3 is 2.45 bits per heavy atom. The molecule has 0 saturated carbocycles. The van der Waals surface area contributed by atoms with Crippen molar-refractivity contribution in [3.63, 3.8) is 0 Å². The summed E-state index contributed by atoms with van der Waals surface area (Å²) in [5, 5.41) is 0. The van der Waals surface area contributed by atoms with Crippen molar-refractivity contribution >= 4 is 17.8 Å². The average Bonchev–Trinajstić information content (AvgIpc) is 2.53. The van der Waals surface area contributed by atoms with Crippen LogP contribution in [-0.4, -0.2) is 60.4 Å². The van der Waals surface area contributed by atoms with E-state index < -0.39 is 11.8 Å². The first-order valence-corrected chi connectivity index (χ1v) is 7.51. The maximum absolute atomic E-state index is 12.3. The number of nitrogens with zero attached hydrogens (tertiary/aromatic N) is 2. The van der Waals surface area contributed by atoms with Crippen molar-refractivity contribution < 1.29 is 19.1 Å². The molecule has 0 aromatic heterocycles. The second-order valence-electron chi connectivity index (χ2n) is 5.13. The Hall–Kier alpha value is -2.11. The zero-order valence-electron chi connectivity index (χ0n) is 13.1. The number of hydrogen-bond donors (Lipinski definition) is 0. The van der Waals surface area contributed by atoms with Crippen LogP contribution in [0.25, 0.3) is 0 Å². The zero-order chi connectivity index (χ0) is 16.5. The van der Waals surface area contributed by atoms with Crippen molar-refractivity contribution in [2.45, 2.75) is 19.8 Å². The summed E-state index contributed by atoms with van der Waals surface area (Å²) in [6, 6.07) is 0. The first kappa shape index (κ1) is 17.9. The molecule has 6 nitrogen and oxygen atoms in total.